The number of thiophene rings is 1. The Morgan fingerprint density at radius 1 is 1.21 bits per heavy atom. The largest absolute Gasteiger partial charge is 0.352 e. The number of carbonyl (C=O) groups excluding carboxylic acids is 2. The van der Waals surface area contributed by atoms with Gasteiger partial charge >= 0.3 is 0 Å². The summed E-state index contributed by atoms with van der Waals surface area (Å²) in [6, 6.07) is 9.57. The molecular weight excluding hydrogens is 320 g/mol. The predicted octanol–water partition coefficient (Wildman–Crippen LogP) is 3.53. The predicted molar refractivity (Wildman–Crippen MR) is 98.1 cm³/mol. The molecule has 0 saturated heterocycles. The standard InChI is InChI=1S/C19H24N2O2S/c1-3-14(2)21-19(23)17-6-4-5-16(11-17)12-20-18(22)8-7-15-9-10-24-13-15/h4-6,9-11,13-14H,3,7-8,12H2,1-2H3,(H,20,22)(H,21,23)/t14-/m0/s1. The van der Waals surface area contributed by atoms with Crippen LogP contribution in [0.1, 0.15) is 48.2 Å². The lowest BCUT2D eigenvalue weighted by Gasteiger charge is -2.12. The van der Waals surface area contributed by atoms with Gasteiger partial charge in [0, 0.05) is 24.6 Å². The topological polar surface area (TPSA) is 58.2 Å². The first-order valence-corrected chi connectivity index (χ1v) is 9.20. The summed E-state index contributed by atoms with van der Waals surface area (Å²) in [5, 5.41) is 9.94. The summed E-state index contributed by atoms with van der Waals surface area (Å²) in [6.07, 6.45) is 2.13. The number of hydrogen-bond acceptors (Lipinski definition) is 3. The molecule has 24 heavy (non-hydrogen) atoms. The van der Waals surface area contributed by atoms with Crippen LogP contribution in [0.2, 0.25) is 0 Å². The maximum atomic E-state index is 12.1. The van der Waals surface area contributed by atoms with Crippen LogP contribution in [0, 0.1) is 0 Å². The molecule has 0 spiro atoms. The maximum Gasteiger partial charge on any atom is 0.251 e. The summed E-state index contributed by atoms with van der Waals surface area (Å²) in [5.41, 5.74) is 2.75. The van der Waals surface area contributed by atoms with Crippen LogP contribution < -0.4 is 10.6 Å². The number of benzene rings is 1. The fourth-order valence-corrected chi connectivity index (χ4v) is 2.92. The van der Waals surface area contributed by atoms with Gasteiger partial charge in [-0.05, 0) is 59.9 Å². The van der Waals surface area contributed by atoms with E-state index in [9.17, 15) is 9.59 Å². The van der Waals surface area contributed by atoms with Gasteiger partial charge in [0.05, 0.1) is 0 Å². The Labute approximate surface area is 147 Å². The molecule has 1 heterocycles. The summed E-state index contributed by atoms with van der Waals surface area (Å²) < 4.78 is 0. The average Bonchev–Trinajstić information content (AvgIpc) is 3.11. The number of hydrogen-bond donors (Lipinski definition) is 2. The molecule has 0 unspecified atom stereocenters. The van der Waals surface area contributed by atoms with Gasteiger partial charge in [0.25, 0.3) is 5.91 Å². The molecule has 0 fully saturated rings. The smallest absolute Gasteiger partial charge is 0.251 e. The first-order chi connectivity index (χ1) is 11.6. The van der Waals surface area contributed by atoms with Crippen LogP contribution >= 0.6 is 11.3 Å². The van der Waals surface area contributed by atoms with E-state index >= 15 is 0 Å². The Hall–Kier alpha value is -2.14. The van der Waals surface area contributed by atoms with E-state index in [0.717, 1.165) is 18.4 Å². The lowest BCUT2D eigenvalue weighted by atomic mass is 10.1. The van der Waals surface area contributed by atoms with Gasteiger partial charge in [0.2, 0.25) is 5.91 Å². The third kappa shape index (κ3) is 5.81. The molecule has 5 heteroatoms. The van der Waals surface area contributed by atoms with Crippen LogP contribution in [-0.2, 0) is 17.8 Å². The van der Waals surface area contributed by atoms with Crippen molar-refractivity contribution in [2.45, 2.75) is 45.7 Å². The van der Waals surface area contributed by atoms with E-state index in [1.807, 2.05) is 43.5 Å². The zero-order chi connectivity index (χ0) is 17.4. The lowest BCUT2D eigenvalue weighted by molar-refractivity contribution is -0.121. The van der Waals surface area contributed by atoms with Gasteiger partial charge in [-0.3, -0.25) is 9.59 Å². The van der Waals surface area contributed by atoms with E-state index in [4.69, 9.17) is 0 Å². The number of aryl methyl sites for hydroxylation is 1. The van der Waals surface area contributed by atoms with Gasteiger partial charge in [0.15, 0.2) is 0 Å². The first-order valence-electron chi connectivity index (χ1n) is 8.26. The summed E-state index contributed by atoms with van der Waals surface area (Å²) in [4.78, 5) is 24.1. The molecule has 1 aromatic carbocycles. The number of carbonyl (C=O) groups is 2. The minimum Gasteiger partial charge on any atom is -0.352 e. The van der Waals surface area contributed by atoms with Gasteiger partial charge in [-0.25, -0.2) is 0 Å². The molecule has 0 aliphatic heterocycles. The fraction of sp³-hybridized carbons (Fsp3) is 0.368. The van der Waals surface area contributed by atoms with Crippen LogP contribution in [0.3, 0.4) is 0 Å². The molecule has 4 nitrogen and oxygen atoms in total. The van der Waals surface area contributed by atoms with Crippen molar-refractivity contribution < 1.29 is 9.59 Å². The highest BCUT2D eigenvalue weighted by atomic mass is 32.1. The molecule has 0 aliphatic rings. The molecule has 2 rings (SSSR count). The highest BCUT2D eigenvalue weighted by Crippen LogP contribution is 2.09. The molecule has 2 aromatic rings. The van der Waals surface area contributed by atoms with Crippen molar-refractivity contribution in [2.75, 3.05) is 0 Å². The van der Waals surface area contributed by atoms with Gasteiger partial charge in [0.1, 0.15) is 0 Å². The Bertz CT molecular complexity index is 668. The van der Waals surface area contributed by atoms with Crippen molar-refractivity contribution in [3.63, 3.8) is 0 Å². The number of amides is 2. The van der Waals surface area contributed by atoms with Gasteiger partial charge in [-0.2, -0.15) is 11.3 Å². The second-order valence-electron chi connectivity index (χ2n) is 5.89. The second-order valence-corrected chi connectivity index (χ2v) is 6.67. The Kier molecular flexibility index (Phi) is 7.00. The van der Waals surface area contributed by atoms with Crippen LogP contribution in [0.4, 0.5) is 0 Å². The van der Waals surface area contributed by atoms with Crippen LogP contribution in [-0.4, -0.2) is 17.9 Å². The van der Waals surface area contributed by atoms with Gasteiger partial charge in [-0.1, -0.05) is 19.1 Å². The zero-order valence-corrected chi connectivity index (χ0v) is 15.0. The fourth-order valence-electron chi connectivity index (χ4n) is 2.21. The van der Waals surface area contributed by atoms with E-state index in [-0.39, 0.29) is 17.9 Å². The summed E-state index contributed by atoms with van der Waals surface area (Å²) in [7, 11) is 0. The van der Waals surface area contributed by atoms with E-state index in [0.29, 0.717) is 18.5 Å². The quantitative estimate of drug-likeness (QED) is 0.770. The van der Waals surface area contributed by atoms with Crippen molar-refractivity contribution in [3.05, 3.63) is 57.8 Å². The Morgan fingerprint density at radius 3 is 2.75 bits per heavy atom. The molecule has 1 aromatic heterocycles. The average molecular weight is 344 g/mol. The summed E-state index contributed by atoms with van der Waals surface area (Å²) in [5.74, 6) is -0.0503. The van der Waals surface area contributed by atoms with Crippen molar-refractivity contribution in [2.24, 2.45) is 0 Å². The molecule has 2 N–H and O–H groups in total. The van der Waals surface area contributed by atoms with Crippen molar-refractivity contribution >= 4 is 23.2 Å². The molecule has 0 bridgehead atoms. The Morgan fingerprint density at radius 2 is 2.04 bits per heavy atom. The molecule has 1 atom stereocenters. The van der Waals surface area contributed by atoms with Crippen molar-refractivity contribution in [1.82, 2.24) is 10.6 Å². The summed E-state index contributed by atoms with van der Waals surface area (Å²) >= 11 is 1.64. The normalized spacial score (nSPS) is 11.8. The van der Waals surface area contributed by atoms with Gasteiger partial charge in [-0.15, -0.1) is 0 Å². The Balaban J connectivity index is 1.83. The van der Waals surface area contributed by atoms with Gasteiger partial charge < -0.3 is 10.6 Å². The third-order valence-electron chi connectivity index (χ3n) is 3.89. The first kappa shape index (κ1) is 18.2. The van der Waals surface area contributed by atoms with E-state index in [1.165, 1.54) is 5.56 Å². The molecule has 0 aliphatic carbocycles. The molecule has 2 amide bonds. The molecular formula is C19H24N2O2S. The minimum atomic E-state index is -0.0741. The molecule has 0 radical (unpaired) electrons. The SMILES string of the molecule is CC[C@H](C)NC(=O)c1cccc(CNC(=O)CCc2ccsc2)c1. The third-order valence-corrected chi connectivity index (χ3v) is 4.62. The van der Waals surface area contributed by atoms with Crippen molar-refractivity contribution in [1.29, 1.82) is 0 Å². The van der Waals surface area contributed by atoms with E-state index in [1.54, 1.807) is 17.4 Å². The molecule has 128 valence electrons. The van der Waals surface area contributed by atoms with Crippen molar-refractivity contribution in [3.8, 4) is 0 Å². The maximum absolute atomic E-state index is 12.1. The highest BCUT2D eigenvalue weighted by Gasteiger charge is 2.09. The monoisotopic (exact) mass is 344 g/mol. The molecule has 0 saturated carbocycles. The van der Waals surface area contributed by atoms with Crippen LogP contribution in [0.5, 0.6) is 0 Å². The summed E-state index contributed by atoms with van der Waals surface area (Å²) in [6.45, 7) is 4.45. The van der Waals surface area contributed by atoms with E-state index in [2.05, 4.69) is 16.0 Å². The van der Waals surface area contributed by atoms with Crippen LogP contribution in [0.25, 0.3) is 0 Å². The number of nitrogens with one attached hydrogen (secondary N) is 2. The zero-order valence-electron chi connectivity index (χ0n) is 14.2. The highest BCUT2D eigenvalue weighted by molar-refractivity contribution is 7.07. The number of rotatable bonds is 8. The second kappa shape index (κ2) is 9.23. The van der Waals surface area contributed by atoms with E-state index < -0.39 is 0 Å². The van der Waals surface area contributed by atoms with Crippen LogP contribution in [0.15, 0.2) is 41.1 Å². The lowest BCUT2D eigenvalue weighted by Crippen LogP contribution is -2.32. The minimum absolute atomic E-state index is 0.0238.